The Kier molecular flexibility index (Phi) is 7.90. The molecule has 14 heteroatoms. The van der Waals surface area contributed by atoms with Crippen LogP contribution in [0.2, 0.25) is 0 Å². The van der Waals surface area contributed by atoms with Crippen molar-refractivity contribution in [3.63, 3.8) is 0 Å². The van der Waals surface area contributed by atoms with Gasteiger partial charge in [-0.15, -0.1) is 0 Å². The molecular weight excluding hydrogens is 431 g/mol. The number of aliphatic hydroxyl groups excluding tert-OH is 3. The summed E-state index contributed by atoms with van der Waals surface area (Å²) in [6, 6.07) is 0. The predicted molar refractivity (Wildman–Crippen MR) is 83.6 cm³/mol. The van der Waals surface area contributed by atoms with Crippen LogP contribution in [-0.2, 0) is 28.9 Å². The van der Waals surface area contributed by atoms with E-state index in [0.29, 0.717) is 0 Å². The van der Waals surface area contributed by atoms with Crippen molar-refractivity contribution in [2.24, 2.45) is 0 Å². The monoisotopic (exact) mass is 442 g/mol. The van der Waals surface area contributed by atoms with Gasteiger partial charge in [0, 0.05) is 0 Å². The van der Waals surface area contributed by atoms with Crippen LogP contribution in [0.4, 0.5) is 0 Å². The number of carboxylic acid groups (broad SMARTS) is 1. The molecule has 1 aliphatic rings. The summed E-state index contributed by atoms with van der Waals surface area (Å²) in [6.07, 6.45) is -7.54. The third-order valence-electron chi connectivity index (χ3n) is 3.11. The smallest absolute Gasteiger partial charge is 0.417 e. The summed E-state index contributed by atoms with van der Waals surface area (Å²) < 4.78 is 33.2. The van der Waals surface area contributed by atoms with E-state index >= 15 is 0 Å². The molecule has 5 atom stereocenters. The number of aliphatic hydroxyl groups is 3. The van der Waals surface area contributed by atoms with Crippen molar-refractivity contribution >= 4 is 56.6 Å². The third-order valence-corrected chi connectivity index (χ3v) is 6.03. The van der Waals surface area contributed by atoms with Gasteiger partial charge in [-0.1, -0.05) is 34.8 Å². The number of aliphatic carboxylic acids is 1. The number of sulfone groups is 1. The van der Waals surface area contributed by atoms with E-state index in [4.69, 9.17) is 44.6 Å². The topological polar surface area (TPSA) is 168 Å². The first kappa shape index (κ1) is 22.4. The summed E-state index contributed by atoms with van der Waals surface area (Å²) >= 11 is 16.3. The molecule has 4 N–H and O–H groups in total. The lowest BCUT2D eigenvalue weighted by molar-refractivity contribution is -0.212. The molecule has 0 saturated carbocycles. The van der Waals surface area contributed by atoms with Crippen LogP contribution in [0.25, 0.3) is 0 Å². The lowest BCUT2D eigenvalue weighted by atomic mass is 10.0. The first-order valence-electron chi connectivity index (χ1n) is 6.39. The van der Waals surface area contributed by atoms with Crippen molar-refractivity contribution in [2.45, 2.75) is 29.9 Å². The van der Waals surface area contributed by atoms with Crippen LogP contribution in [0, 0.1) is 0 Å². The number of carbonyl (C=O) groups excluding carboxylic acids is 1. The lowest BCUT2D eigenvalue weighted by Gasteiger charge is -2.39. The molecule has 1 saturated heterocycles. The highest BCUT2D eigenvalue weighted by Gasteiger charge is 2.49. The second-order valence-electron chi connectivity index (χ2n) is 4.89. The van der Waals surface area contributed by atoms with E-state index in [2.05, 4.69) is 4.74 Å². The Labute approximate surface area is 156 Å². The maximum absolute atomic E-state index is 12.2. The second kappa shape index (κ2) is 8.82. The van der Waals surface area contributed by atoms with Gasteiger partial charge in [-0.05, 0) is 0 Å². The molecule has 0 aliphatic carbocycles. The largest absolute Gasteiger partial charge is 0.473 e. The van der Waals surface area contributed by atoms with Crippen LogP contribution >= 0.6 is 34.8 Å². The minimum atomic E-state index is -4.38. The standard InChI is InChI=1S/C11H13Cl3O10S/c12-3(8(13)14)2-25(21,22)11-7(17)6(16)5(15)4(24-11)1-23-10(20)9(18)19/h4-7,11,15-17H,1-2H2,(H,18,19)/t4-,5-,6+,7-,11-/m1/s1. The predicted octanol–water partition coefficient (Wildman–Crippen LogP) is -1.28. The summed E-state index contributed by atoms with van der Waals surface area (Å²) in [5.41, 5.74) is -2.07. The number of esters is 1. The molecule has 0 aromatic carbocycles. The van der Waals surface area contributed by atoms with E-state index in [1.54, 1.807) is 0 Å². The van der Waals surface area contributed by atoms with Crippen molar-refractivity contribution in [1.82, 2.24) is 0 Å². The average Bonchev–Trinajstić information content (AvgIpc) is 2.50. The fraction of sp³-hybridized carbons (Fsp3) is 0.636. The fourth-order valence-electron chi connectivity index (χ4n) is 1.88. The van der Waals surface area contributed by atoms with Crippen LogP contribution < -0.4 is 0 Å². The van der Waals surface area contributed by atoms with Crippen molar-refractivity contribution in [2.75, 3.05) is 12.4 Å². The van der Waals surface area contributed by atoms with Crippen LogP contribution in [0.5, 0.6) is 0 Å². The number of hydrogen-bond donors (Lipinski definition) is 4. The Hall–Kier alpha value is -0.660. The highest BCUT2D eigenvalue weighted by atomic mass is 35.5. The van der Waals surface area contributed by atoms with E-state index in [-0.39, 0.29) is 0 Å². The van der Waals surface area contributed by atoms with Crippen LogP contribution in [-0.4, -0.2) is 83.0 Å². The van der Waals surface area contributed by atoms with Crippen LogP contribution in [0.1, 0.15) is 0 Å². The summed E-state index contributed by atoms with van der Waals surface area (Å²) in [5, 5.41) is 37.3. The van der Waals surface area contributed by atoms with E-state index in [9.17, 15) is 33.3 Å². The molecule has 0 bridgehead atoms. The van der Waals surface area contributed by atoms with E-state index in [1.165, 1.54) is 0 Å². The van der Waals surface area contributed by atoms with Gasteiger partial charge in [0.15, 0.2) is 15.3 Å². The van der Waals surface area contributed by atoms with Gasteiger partial charge in [0.2, 0.25) is 0 Å². The van der Waals surface area contributed by atoms with E-state index in [1.807, 2.05) is 0 Å². The van der Waals surface area contributed by atoms with Gasteiger partial charge in [-0.25, -0.2) is 18.0 Å². The SMILES string of the molecule is O=C(O)C(=O)OC[C@H]1O[C@H](S(=O)(=O)CC(Cl)=C(Cl)Cl)[C@H](O)[C@@H](O)[C@@H]1O. The molecule has 0 aromatic heterocycles. The Balaban J connectivity index is 2.98. The van der Waals surface area contributed by atoms with Gasteiger partial charge in [0.25, 0.3) is 0 Å². The van der Waals surface area contributed by atoms with Gasteiger partial charge >= 0.3 is 11.9 Å². The Morgan fingerprint density at radius 1 is 1.04 bits per heavy atom. The zero-order valence-electron chi connectivity index (χ0n) is 12.1. The summed E-state index contributed by atoms with van der Waals surface area (Å²) in [5.74, 6) is -4.55. The van der Waals surface area contributed by atoms with Gasteiger partial charge in [0.05, 0.1) is 10.8 Å². The summed E-state index contributed by atoms with van der Waals surface area (Å²) in [7, 11) is -4.38. The Morgan fingerprint density at radius 2 is 1.60 bits per heavy atom. The maximum atomic E-state index is 12.2. The van der Waals surface area contributed by atoms with Gasteiger partial charge < -0.3 is 29.9 Å². The summed E-state index contributed by atoms with van der Waals surface area (Å²) in [4.78, 5) is 21.3. The third kappa shape index (κ3) is 5.66. The van der Waals surface area contributed by atoms with Gasteiger partial charge in [-0.3, -0.25) is 0 Å². The number of hydrogen-bond acceptors (Lipinski definition) is 9. The molecule has 0 amide bonds. The molecule has 0 radical (unpaired) electrons. The molecule has 1 aliphatic heterocycles. The molecule has 0 unspecified atom stereocenters. The fourth-order valence-corrected chi connectivity index (χ4v) is 4.19. The average molecular weight is 444 g/mol. The van der Waals surface area contributed by atoms with Crippen LogP contribution in [0.15, 0.2) is 9.52 Å². The number of ether oxygens (including phenoxy) is 2. The maximum Gasteiger partial charge on any atom is 0.417 e. The minimum Gasteiger partial charge on any atom is -0.473 e. The van der Waals surface area contributed by atoms with Gasteiger partial charge in [0.1, 0.15) is 35.5 Å². The molecule has 1 fully saturated rings. The molecule has 1 rings (SSSR count). The Morgan fingerprint density at radius 3 is 2.08 bits per heavy atom. The minimum absolute atomic E-state index is 0.478. The molecule has 0 spiro atoms. The van der Waals surface area contributed by atoms with Crippen LogP contribution in [0.3, 0.4) is 0 Å². The number of carbonyl (C=O) groups is 2. The zero-order chi connectivity index (χ0) is 19.5. The molecule has 1 heterocycles. The normalized spacial score (nSPS) is 29.8. The van der Waals surface area contributed by atoms with Crippen molar-refractivity contribution < 1.29 is 47.9 Å². The second-order valence-corrected chi connectivity index (χ2v) is 8.38. The first-order chi connectivity index (χ1) is 11.4. The molecule has 25 heavy (non-hydrogen) atoms. The molecular formula is C11H13Cl3O10S. The molecule has 0 aromatic rings. The zero-order valence-corrected chi connectivity index (χ0v) is 15.2. The van der Waals surface area contributed by atoms with Crippen molar-refractivity contribution in [3.8, 4) is 0 Å². The van der Waals surface area contributed by atoms with E-state index in [0.717, 1.165) is 0 Å². The van der Waals surface area contributed by atoms with Crippen molar-refractivity contribution in [3.05, 3.63) is 9.52 Å². The lowest BCUT2D eigenvalue weighted by Crippen LogP contribution is -2.61. The first-order valence-corrected chi connectivity index (χ1v) is 9.24. The Bertz CT molecular complexity index is 659. The summed E-state index contributed by atoms with van der Waals surface area (Å²) in [6.45, 7) is -0.887. The molecule has 10 nitrogen and oxygen atoms in total. The molecule has 144 valence electrons. The quantitative estimate of drug-likeness (QED) is 0.297. The highest BCUT2D eigenvalue weighted by Crippen LogP contribution is 2.28. The highest BCUT2D eigenvalue weighted by molar-refractivity contribution is 7.92. The van der Waals surface area contributed by atoms with E-state index < -0.39 is 73.5 Å². The number of carboxylic acids is 1. The van der Waals surface area contributed by atoms with Crippen molar-refractivity contribution in [1.29, 1.82) is 0 Å². The van der Waals surface area contributed by atoms with Gasteiger partial charge in [-0.2, -0.15) is 0 Å². The number of rotatable bonds is 5. The number of halogens is 3.